The van der Waals surface area contributed by atoms with Crippen molar-refractivity contribution < 1.29 is 18.0 Å². The summed E-state index contributed by atoms with van der Waals surface area (Å²) in [4.78, 5) is 20.1. The minimum Gasteiger partial charge on any atom is -0.324 e. The highest BCUT2D eigenvalue weighted by Crippen LogP contribution is 2.27. The van der Waals surface area contributed by atoms with E-state index in [1.807, 2.05) is 30.3 Å². The monoisotopic (exact) mass is 403 g/mol. The Kier molecular flexibility index (Phi) is 6.46. The first-order chi connectivity index (χ1) is 13.4. The van der Waals surface area contributed by atoms with E-state index in [-0.39, 0.29) is 16.8 Å². The lowest BCUT2D eigenvalue weighted by Crippen LogP contribution is -2.35. The molecule has 2 aromatic carbocycles. The number of nitrogens with zero attached hydrogens (tertiary/aromatic N) is 2. The van der Waals surface area contributed by atoms with Crippen LogP contribution in [0.3, 0.4) is 0 Å². The molecule has 1 unspecified atom stereocenters. The highest BCUT2D eigenvalue weighted by molar-refractivity contribution is 7.89. The third-order valence-electron chi connectivity index (χ3n) is 4.88. The number of anilines is 1. The number of amides is 1. The number of carbonyl (C=O) groups excluding carboxylic acids is 1. The fourth-order valence-electron chi connectivity index (χ4n) is 3.33. The van der Waals surface area contributed by atoms with Gasteiger partial charge in [0.25, 0.3) is 10.0 Å². The van der Waals surface area contributed by atoms with Gasteiger partial charge in [-0.2, -0.15) is 0 Å². The number of likely N-dealkylation sites (tertiary alicyclic amines) is 1. The molecule has 0 bridgehead atoms. The molecule has 0 spiro atoms. The number of sulfonamides is 1. The highest BCUT2D eigenvalue weighted by Gasteiger charge is 2.29. The highest BCUT2D eigenvalue weighted by atomic mass is 32.2. The van der Waals surface area contributed by atoms with Crippen molar-refractivity contribution in [3.8, 4) is 0 Å². The fourth-order valence-corrected chi connectivity index (χ4v) is 4.30. The minimum atomic E-state index is -3.72. The van der Waals surface area contributed by atoms with Gasteiger partial charge in [0.15, 0.2) is 0 Å². The van der Waals surface area contributed by atoms with Crippen molar-refractivity contribution in [1.82, 2.24) is 9.37 Å². The molecule has 0 radical (unpaired) electrons. The molecule has 0 aliphatic carbocycles. The summed E-state index contributed by atoms with van der Waals surface area (Å²) in [5.41, 5.74) is 1.49. The Morgan fingerprint density at radius 2 is 1.68 bits per heavy atom. The van der Waals surface area contributed by atoms with Crippen molar-refractivity contribution in [2.75, 3.05) is 32.6 Å². The maximum absolute atomic E-state index is 13.0. The average molecular weight is 404 g/mol. The van der Waals surface area contributed by atoms with E-state index in [1.165, 1.54) is 26.3 Å². The van der Waals surface area contributed by atoms with Crippen LogP contribution in [-0.2, 0) is 19.7 Å². The summed E-state index contributed by atoms with van der Waals surface area (Å²) >= 11 is 0. The van der Waals surface area contributed by atoms with Gasteiger partial charge in [0.05, 0.1) is 12.0 Å². The number of hydroxylamine groups is 1. The van der Waals surface area contributed by atoms with Crippen molar-refractivity contribution in [2.45, 2.75) is 23.8 Å². The largest absolute Gasteiger partial charge is 0.324 e. The molecule has 1 amide bonds. The summed E-state index contributed by atoms with van der Waals surface area (Å²) < 4.78 is 25.3. The van der Waals surface area contributed by atoms with Gasteiger partial charge in [-0.1, -0.05) is 34.8 Å². The van der Waals surface area contributed by atoms with Crippen molar-refractivity contribution in [3.63, 3.8) is 0 Å². The molecule has 1 aliphatic heterocycles. The molecule has 7 nitrogen and oxygen atoms in total. The van der Waals surface area contributed by atoms with Crippen LogP contribution in [0.15, 0.2) is 59.5 Å². The van der Waals surface area contributed by atoms with Gasteiger partial charge in [-0.05, 0) is 55.8 Å². The van der Waals surface area contributed by atoms with Gasteiger partial charge in [0.2, 0.25) is 5.91 Å². The van der Waals surface area contributed by atoms with Crippen LogP contribution in [0.25, 0.3) is 0 Å². The molecule has 1 N–H and O–H groups in total. The normalized spacial score (nSPS) is 16.2. The Morgan fingerprint density at radius 1 is 1.07 bits per heavy atom. The lowest BCUT2D eigenvalue weighted by Gasteiger charge is -2.27. The first kappa shape index (κ1) is 20.5. The van der Waals surface area contributed by atoms with Crippen molar-refractivity contribution in [2.24, 2.45) is 0 Å². The zero-order valence-corrected chi connectivity index (χ0v) is 16.9. The lowest BCUT2D eigenvalue weighted by atomic mass is 10.0. The zero-order chi connectivity index (χ0) is 20.1. The van der Waals surface area contributed by atoms with Crippen LogP contribution in [0, 0.1) is 0 Å². The van der Waals surface area contributed by atoms with E-state index >= 15 is 0 Å². The molecule has 0 saturated carbocycles. The molecule has 1 fully saturated rings. The van der Waals surface area contributed by atoms with Gasteiger partial charge >= 0.3 is 0 Å². The molecule has 0 aromatic heterocycles. The van der Waals surface area contributed by atoms with Crippen molar-refractivity contribution in [3.05, 3.63) is 60.2 Å². The number of nitrogens with one attached hydrogen (secondary N) is 1. The molecule has 28 heavy (non-hydrogen) atoms. The minimum absolute atomic E-state index is 0.0917. The predicted molar refractivity (Wildman–Crippen MR) is 107 cm³/mol. The van der Waals surface area contributed by atoms with Crippen LogP contribution in [-0.4, -0.2) is 50.9 Å². The fraction of sp³-hybridized carbons (Fsp3) is 0.350. The van der Waals surface area contributed by atoms with E-state index in [0.717, 1.165) is 36.0 Å². The van der Waals surface area contributed by atoms with Gasteiger partial charge in [0, 0.05) is 12.7 Å². The summed E-state index contributed by atoms with van der Waals surface area (Å²) in [5, 5.41) is 2.92. The summed E-state index contributed by atoms with van der Waals surface area (Å²) in [6, 6.07) is 15.4. The molecule has 1 heterocycles. The maximum atomic E-state index is 13.0. The Morgan fingerprint density at radius 3 is 2.25 bits per heavy atom. The van der Waals surface area contributed by atoms with Gasteiger partial charge in [0.1, 0.15) is 6.04 Å². The standard InChI is InChI=1S/C20H25N3O4S/c1-22(27-2)28(25,26)18-12-10-17(11-13-18)21-20(24)19(23-14-6-7-15-23)16-8-4-3-5-9-16/h3-5,8-13,19H,6-7,14-15H2,1-2H3,(H,21,24). The SMILES string of the molecule is CON(C)S(=O)(=O)c1ccc(NC(=O)C(c2ccccc2)N2CCCC2)cc1. The third-order valence-corrected chi connectivity index (χ3v) is 6.58. The Bertz CT molecular complexity index is 895. The molecular formula is C20H25N3O4S. The Hall–Kier alpha value is -2.26. The molecular weight excluding hydrogens is 378 g/mol. The number of hydrogen-bond acceptors (Lipinski definition) is 5. The van der Waals surface area contributed by atoms with E-state index in [2.05, 4.69) is 10.2 Å². The number of rotatable bonds is 7. The van der Waals surface area contributed by atoms with Crippen LogP contribution in [0.1, 0.15) is 24.4 Å². The second-order valence-electron chi connectivity index (χ2n) is 6.67. The zero-order valence-electron chi connectivity index (χ0n) is 16.0. The van der Waals surface area contributed by atoms with E-state index in [1.54, 1.807) is 12.1 Å². The molecule has 1 atom stereocenters. The van der Waals surface area contributed by atoms with E-state index < -0.39 is 10.0 Å². The van der Waals surface area contributed by atoms with E-state index in [4.69, 9.17) is 4.84 Å². The quantitative estimate of drug-likeness (QED) is 0.719. The van der Waals surface area contributed by atoms with E-state index in [9.17, 15) is 13.2 Å². The molecule has 1 saturated heterocycles. The van der Waals surface area contributed by atoms with Crippen LogP contribution in [0.4, 0.5) is 5.69 Å². The molecule has 8 heteroatoms. The van der Waals surface area contributed by atoms with Gasteiger partial charge in [-0.3, -0.25) is 14.5 Å². The Balaban J connectivity index is 1.78. The Labute approximate surface area is 165 Å². The molecule has 1 aliphatic rings. The molecule has 150 valence electrons. The first-order valence-corrected chi connectivity index (χ1v) is 10.6. The lowest BCUT2D eigenvalue weighted by molar-refractivity contribution is -0.121. The second kappa shape index (κ2) is 8.83. The number of carbonyl (C=O) groups is 1. The molecule has 2 aromatic rings. The third kappa shape index (κ3) is 4.41. The van der Waals surface area contributed by atoms with Crippen LogP contribution < -0.4 is 5.32 Å². The van der Waals surface area contributed by atoms with Crippen LogP contribution >= 0.6 is 0 Å². The maximum Gasteiger partial charge on any atom is 0.264 e. The summed E-state index contributed by atoms with van der Waals surface area (Å²) in [7, 11) is -1.11. The number of benzene rings is 2. The summed E-state index contributed by atoms with van der Waals surface area (Å²) in [6.07, 6.45) is 2.16. The van der Waals surface area contributed by atoms with Crippen molar-refractivity contribution >= 4 is 21.6 Å². The van der Waals surface area contributed by atoms with Crippen LogP contribution in [0.2, 0.25) is 0 Å². The molecule has 3 rings (SSSR count). The average Bonchev–Trinajstić information content (AvgIpc) is 3.23. The van der Waals surface area contributed by atoms with Gasteiger partial charge in [-0.15, -0.1) is 0 Å². The predicted octanol–water partition coefficient (Wildman–Crippen LogP) is 2.64. The van der Waals surface area contributed by atoms with Crippen molar-refractivity contribution in [1.29, 1.82) is 0 Å². The summed E-state index contributed by atoms with van der Waals surface area (Å²) in [6.45, 7) is 1.76. The van der Waals surface area contributed by atoms with Crippen LogP contribution in [0.5, 0.6) is 0 Å². The smallest absolute Gasteiger partial charge is 0.264 e. The van der Waals surface area contributed by atoms with Gasteiger partial charge < -0.3 is 5.32 Å². The second-order valence-corrected chi connectivity index (χ2v) is 8.60. The number of hydrogen-bond donors (Lipinski definition) is 1. The van der Waals surface area contributed by atoms with Gasteiger partial charge in [-0.25, -0.2) is 8.42 Å². The topological polar surface area (TPSA) is 79.0 Å². The van der Waals surface area contributed by atoms with E-state index in [0.29, 0.717) is 5.69 Å². The first-order valence-electron chi connectivity index (χ1n) is 9.16. The summed E-state index contributed by atoms with van der Waals surface area (Å²) in [5.74, 6) is -0.127.